The average Bonchev–Trinajstić information content (AvgIpc) is 2.49. The molecule has 2 nitrogen and oxygen atoms in total. The Labute approximate surface area is 134 Å². The van der Waals surface area contributed by atoms with Crippen molar-refractivity contribution in [3.63, 3.8) is 0 Å². The average molecular weight is 323 g/mol. The van der Waals surface area contributed by atoms with Gasteiger partial charge < -0.3 is 10.1 Å². The molecule has 1 N–H and O–H groups in total. The zero-order valence-corrected chi connectivity index (χ0v) is 13.3. The van der Waals surface area contributed by atoms with Crippen molar-refractivity contribution < 1.29 is 17.9 Å². The first-order chi connectivity index (χ1) is 10.8. The van der Waals surface area contributed by atoms with Gasteiger partial charge in [0.05, 0.1) is 5.56 Å². The number of rotatable bonds is 5. The van der Waals surface area contributed by atoms with Gasteiger partial charge >= 0.3 is 6.18 Å². The van der Waals surface area contributed by atoms with E-state index < -0.39 is 11.7 Å². The van der Waals surface area contributed by atoms with E-state index in [1.807, 2.05) is 12.1 Å². The molecule has 0 spiro atoms. The fourth-order valence-electron chi connectivity index (χ4n) is 1.90. The highest BCUT2D eigenvalue weighted by Gasteiger charge is 2.30. The molecule has 2 rings (SSSR count). The number of benzene rings is 2. The van der Waals surface area contributed by atoms with Crippen LogP contribution in [-0.2, 0) is 6.18 Å². The summed E-state index contributed by atoms with van der Waals surface area (Å²) in [6.45, 7) is 6.39. The van der Waals surface area contributed by atoms with Gasteiger partial charge in [-0.2, -0.15) is 13.2 Å². The number of alkyl halides is 3. The molecule has 0 saturated carbocycles. The lowest BCUT2D eigenvalue weighted by Crippen LogP contribution is -2.21. The summed E-state index contributed by atoms with van der Waals surface area (Å²) in [6, 6.07) is 12.3. The van der Waals surface area contributed by atoms with Crippen LogP contribution < -0.4 is 10.1 Å². The topological polar surface area (TPSA) is 21.3 Å². The van der Waals surface area contributed by atoms with Crippen LogP contribution in [-0.4, -0.2) is 6.04 Å². The Morgan fingerprint density at radius 1 is 0.826 bits per heavy atom. The highest BCUT2D eigenvalue weighted by Crippen LogP contribution is 2.31. The molecular weight excluding hydrogens is 303 g/mol. The monoisotopic (exact) mass is 323 g/mol. The second-order valence-corrected chi connectivity index (χ2v) is 5.83. The Morgan fingerprint density at radius 3 is 1.74 bits per heavy atom. The lowest BCUT2D eigenvalue weighted by molar-refractivity contribution is -0.137. The van der Waals surface area contributed by atoms with E-state index in [0.29, 0.717) is 23.5 Å². The molecule has 2 aromatic carbocycles. The van der Waals surface area contributed by atoms with Crippen LogP contribution in [0.4, 0.5) is 18.9 Å². The van der Waals surface area contributed by atoms with E-state index in [2.05, 4.69) is 26.1 Å². The van der Waals surface area contributed by atoms with Gasteiger partial charge in [0.1, 0.15) is 11.5 Å². The standard InChI is InChI=1S/C18H20F3NO/c1-12(2)13(3)22-15-6-10-17(11-7-15)23-16-8-4-14(5-9-16)18(19,20)21/h4-13,22H,1-3H3. The summed E-state index contributed by atoms with van der Waals surface area (Å²) in [4.78, 5) is 0. The normalized spacial score (nSPS) is 13.0. The van der Waals surface area contributed by atoms with Crippen molar-refractivity contribution in [2.45, 2.75) is 33.0 Å². The molecule has 0 radical (unpaired) electrons. The molecule has 2 aromatic rings. The van der Waals surface area contributed by atoms with E-state index in [4.69, 9.17) is 4.74 Å². The van der Waals surface area contributed by atoms with E-state index in [-0.39, 0.29) is 0 Å². The fraction of sp³-hybridized carbons (Fsp3) is 0.333. The third-order valence-electron chi connectivity index (χ3n) is 3.67. The SMILES string of the molecule is CC(C)C(C)Nc1ccc(Oc2ccc(C(F)(F)F)cc2)cc1. The van der Waals surface area contributed by atoms with Crippen LogP contribution in [0.3, 0.4) is 0 Å². The van der Waals surface area contributed by atoms with Crippen molar-refractivity contribution >= 4 is 5.69 Å². The molecule has 124 valence electrons. The first-order valence-corrected chi connectivity index (χ1v) is 7.47. The Balaban J connectivity index is 2.01. The van der Waals surface area contributed by atoms with Gasteiger partial charge in [-0.3, -0.25) is 0 Å². The zero-order valence-electron chi connectivity index (χ0n) is 13.3. The Hall–Kier alpha value is -2.17. The minimum absolute atomic E-state index is 0.344. The van der Waals surface area contributed by atoms with E-state index in [0.717, 1.165) is 17.8 Å². The van der Waals surface area contributed by atoms with E-state index in [9.17, 15) is 13.2 Å². The summed E-state index contributed by atoms with van der Waals surface area (Å²) in [5.74, 6) is 1.46. The minimum atomic E-state index is -4.33. The summed E-state index contributed by atoms with van der Waals surface area (Å²) in [7, 11) is 0. The number of hydrogen-bond acceptors (Lipinski definition) is 2. The van der Waals surface area contributed by atoms with Crippen LogP contribution in [0.15, 0.2) is 48.5 Å². The molecule has 0 heterocycles. The molecule has 1 unspecified atom stereocenters. The number of anilines is 1. The summed E-state index contributed by atoms with van der Waals surface area (Å²) < 4.78 is 43.1. The lowest BCUT2D eigenvalue weighted by atomic mass is 10.1. The van der Waals surface area contributed by atoms with Crippen molar-refractivity contribution in [3.8, 4) is 11.5 Å². The Morgan fingerprint density at radius 2 is 1.30 bits per heavy atom. The van der Waals surface area contributed by atoms with Crippen LogP contribution in [0.2, 0.25) is 0 Å². The predicted molar refractivity (Wildman–Crippen MR) is 85.9 cm³/mol. The Bertz CT molecular complexity index is 618. The molecule has 1 atom stereocenters. The first kappa shape index (κ1) is 17.2. The van der Waals surface area contributed by atoms with Crippen molar-refractivity contribution in [1.29, 1.82) is 0 Å². The van der Waals surface area contributed by atoms with E-state index in [1.165, 1.54) is 12.1 Å². The van der Waals surface area contributed by atoms with Crippen LogP contribution >= 0.6 is 0 Å². The van der Waals surface area contributed by atoms with E-state index >= 15 is 0 Å². The molecule has 0 bridgehead atoms. The van der Waals surface area contributed by atoms with Crippen molar-refractivity contribution in [2.75, 3.05) is 5.32 Å². The third kappa shape index (κ3) is 4.91. The van der Waals surface area contributed by atoms with E-state index in [1.54, 1.807) is 12.1 Å². The molecule has 5 heteroatoms. The maximum absolute atomic E-state index is 12.5. The van der Waals surface area contributed by atoms with Crippen molar-refractivity contribution in [3.05, 3.63) is 54.1 Å². The van der Waals surface area contributed by atoms with Crippen LogP contribution in [0, 0.1) is 5.92 Å². The molecule has 0 aliphatic carbocycles. The number of hydrogen-bond donors (Lipinski definition) is 1. The molecule has 0 aromatic heterocycles. The maximum atomic E-state index is 12.5. The van der Waals surface area contributed by atoms with Gasteiger partial charge in [0.15, 0.2) is 0 Å². The van der Waals surface area contributed by atoms with Gasteiger partial charge in [-0.25, -0.2) is 0 Å². The minimum Gasteiger partial charge on any atom is -0.457 e. The zero-order chi connectivity index (χ0) is 17.0. The molecule has 23 heavy (non-hydrogen) atoms. The second-order valence-electron chi connectivity index (χ2n) is 5.83. The first-order valence-electron chi connectivity index (χ1n) is 7.47. The number of halogens is 3. The molecular formula is C18H20F3NO. The molecule has 0 amide bonds. The third-order valence-corrected chi connectivity index (χ3v) is 3.67. The van der Waals surface area contributed by atoms with Crippen LogP contribution in [0.1, 0.15) is 26.3 Å². The quantitative estimate of drug-likeness (QED) is 0.733. The lowest BCUT2D eigenvalue weighted by Gasteiger charge is -2.19. The fourth-order valence-corrected chi connectivity index (χ4v) is 1.90. The summed E-state index contributed by atoms with van der Waals surface area (Å²) in [5, 5.41) is 3.38. The van der Waals surface area contributed by atoms with Gasteiger partial charge in [0, 0.05) is 11.7 Å². The van der Waals surface area contributed by atoms with Crippen molar-refractivity contribution in [1.82, 2.24) is 0 Å². The van der Waals surface area contributed by atoms with Gasteiger partial charge in [-0.05, 0) is 61.4 Å². The molecule has 0 fully saturated rings. The largest absolute Gasteiger partial charge is 0.457 e. The van der Waals surface area contributed by atoms with Crippen molar-refractivity contribution in [2.24, 2.45) is 5.92 Å². The molecule has 0 aliphatic rings. The van der Waals surface area contributed by atoms with Gasteiger partial charge in [-0.1, -0.05) is 13.8 Å². The summed E-state index contributed by atoms with van der Waals surface area (Å²) in [5.41, 5.74) is 0.290. The van der Waals surface area contributed by atoms with Gasteiger partial charge in [0.2, 0.25) is 0 Å². The van der Waals surface area contributed by atoms with Gasteiger partial charge in [0.25, 0.3) is 0 Å². The maximum Gasteiger partial charge on any atom is 0.416 e. The van der Waals surface area contributed by atoms with Crippen LogP contribution in [0.25, 0.3) is 0 Å². The highest BCUT2D eigenvalue weighted by atomic mass is 19.4. The summed E-state index contributed by atoms with van der Waals surface area (Å²) in [6.07, 6.45) is -4.33. The van der Waals surface area contributed by atoms with Crippen LogP contribution in [0.5, 0.6) is 11.5 Å². The number of ether oxygens (including phenoxy) is 1. The number of nitrogens with one attached hydrogen (secondary N) is 1. The molecule has 0 saturated heterocycles. The predicted octanol–water partition coefficient (Wildman–Crippen LogP) is 5.95. The summed E-state index contributed by atoms with van der Waals surface area (Å²) >= 11 is 0. The second kappa shape index (κ2) is 6.94. The Kier molecular flexibility index (Phi) is 5.19. The smallest absolute Gasteiger partial charge is 0.416 e. The molecule has 0 aliphatic heterocycles. The van der Waals surface area contributed by atoms with Gasteiger partial charge in [-0.15, -0.1) is 0 Å². The highest BCUT2D eigenvalue weighted by molar-refractivity contribution is 5.48.